The monoisotopic (exact) mass is 405 g/mol. The number of hydrogen-bond acceptors (Lipinski definition) is 3. The van der Waals surface area contributed by atoms with Crippen molar-refractivity contribution in [2.45, 2.75) is 0 Å². The van der Waals surface area contributed by atoms with Crippen LogP contribution in [0.15, 0.2) is 54.6 Å². The van der Waals surface area contributed by atoms with E-state index in [9.17, 15) is 14.7 Å². The fraction of sp³-hybridized carbons (Fsp3) is 0.0526. The van der Waals surface area contributed by atoms with E-state index < -0.39 is 11.9 Å². The van der Waals surface area contributed by atoms with Crippen LogP contribution >= 0.6 is 34.5 Å². The van der Waals surface area contributed by atoms with E-state index in [0.717, 1.165) is 21.8 Å². The summed E-state index contributed by atoms with van der Waals surface area (Å²) in [5.41, 5.74) is 1.45. The smallest absolute Gasteiger partial charge is 0.348 e. The fourth-order valence-electron chi connectivity index (χ4n) is 2.48. The average molecular weight is 406 g/mol. The molecule has 0 bridgehead atoms. The number of anilines is 1. The standard InChI is InChI=1S/C19H13Cl2NO3S/c1-22(18(23)13-8-7-12(20)9-14(13)21)15-10-16(26-17(15)19(24)25)11-5-3-2-4-6-11/h2-10H,1H3,(H,24,25). The Bertz CT molecular complexity index is 986. The molecule has 0 saturated carbocycles. The zero-order valence-electron chi connectivity index (χ0n) is 13.6. The maximum Gasteiger partial charge on any atom is 0.348 e. The van der Waals surface area contributed by atoms with Gasteiger partial charge in [0.05, 0.1) is 16.3 Å². The zero-order valence-corrected chi connectivity index (χ0v) is 15.9. The van der Waals surface area contributed by atoms with Crippen molar-refractivity contribution in [3.05, 3.63) is 75.1 Å². The Kier molecular flexibility index (Phi) is 5.32. The zero-order chi connectivity index (χ0) is 18.8. The Morgan fingerprint density at radius 2 is 1.73 bits per heavy atom. The molecule has 0 aliphatic carbocycles. The lowest BCUT2D eigenvalue weighted by Crippen LogP contribution is -2.27. The van der Waals surface area contributed by atoms with Crippen molar-refractivity contribution < 1.29 is 14.7 Å². The first-order valence-electron chi connectivity index (χ1n) is 7.54. The minimum atomic E-state index is -1.09. The van der Waals surface area contributed by atoms with Gasteiger partial charge in [0.15, 0.2) is 0 Å². The van der Waals surface area contributed by atoms with Gasteiger partial charge in [0.25, 0.3) is 5.91 Å². The Balaban J connectivity index is 2.03. The highest BCUT2D eigenvalue weighted by molar-refractivity contribution is 7.18. The lowest BCUT2D eigenvalue weighted by atomic mass is 10.1. The van der Waals surface area contributed by atoms with E-state index in [1.807, 2.05) is 30.3 Å². The molecule has 3 rings (SSSR count). The number of carbonyl (C=O) groups excluding carboxylic acids is 1. The van der Waals surface area contributed by atoms with E-state index in [0.29, 0.717) is 10.7 Å². The van der Waals surface area contributed by atoms with E-state index in [1.165, 1.54) is 24.1 Å². The molecule has 1 aromatic heterocycles. The van der Waals surface area contributed by atoms with E-state index in [1.54, 1.807) is 12.1 Å². The second-order valence-corrected chi connectivity index (χ2v) is 7.38. The molecule has 26 heavy (non-hydrogen) atoms. The molecule has 0 unspecified atom stereocenters. The highest BCUT2D eigenvalue weighted by Crippen LogP contribution is 2.37. The van der Waals surface area contributed by atoms with Gasteiger partial charge >= 0.3 is 5.97 Å². The Morgan fingerprint density at radius 3 is 2.35 bits per heavy atom. The van der Waals surface area contributed by atoms with Crippen LogP contribution in [-0.4, -0.2) is 24.0 Å². The number of carboxylic acid groups (broad SMARTS) is 1. The van der Waals surface area contributed by atoms with Crippen LogP contribution in [0.1, 0.15) is 20.0 Å². The third-order valence-corrected chi connectivity index (χ3v) is 5.50. The maximum atomic E-state index is 12.8. The summed E-state index contributed by atoms with van der Waals surface area (Å²) < 4.78 is 0. The van der Waals surface area contributed by atoms with Crippen LogP contribution in [-0.2, 0) is 0 Å². The highest BCUT2D eigenvalue weighted by atomic mass is 35.5. The van der Waals surface area contributed by atoms with E-state index >= 15 is 0 Å². The summed E-state index contributed by atoms with van der Waals surface area (Å²) in [7, 11) is 1.52. The van der Waals surface area contributed by atoms with Crippen molar-refractivity contribution in [1.29, 1.82) is 0 Å². The molecule has 1 N–H and O–H groups in total. The molecule has 1 heterocycles. The Labute approximate surface area is 164 Å². The molecule has 0 aliphatic rings. The van der Waals surface area contributed by atoms with Gasteiger partial charge in [-0.1, -0.05) is 53.5 Å². The van der Waals surface area contributed by atoms with Crippen LogP contribution in [0.25, 0.3) is 10.4 Å². The Hall–Kier alpha value is -2.34. The van der Waals surface area contributed by atoms with Gasteiger partial charge in [0, 0.05) is 16.9 Å². The van der Waals surface area contributed by atoms with E-state index in [2.05, 4.69) is 0 Å². The number of rotatable bonds is 4. The van der Waals surface area contributed by atoms with Crippen molar-refractivity contribution in [2.75, 3.05) is 11.9 Å². The van der Waals surface area contributed by atoms with Crippen LogP contribution in [0, 0.1) is 0 Å². The van der Waals surface area contributed by atoms with Gasteiger partial charge in [-0.2, -0.15) is 0 Å². The molecule has 2 aromatic carbocycles. The summed E-state index contributed by atoms with van der Waals surface area (Å²) in [6.07, 6.45) is 0. The molecular formula is C19H13Cl2NO3S. The molecule has 4 nitrogen and oxygen atoms in total. The summed E-state index contributed by atoms with van der Waals surface area (Å²) in [5.74, 6) is -1.50. The van der Waals surface area contributed by atoms with Crippen molar-refractivity contribution >= 4 is 52.1 Å². The predicted molar refractivity (Wildman–Crippen MR) is 106 cm³/mol. The first-order chi connectivity index (χ1) is 12.4. The van der Waals surface area contributed by atoms with E-state index in [4.69, 9.17) is 23.2 Å². The van der Waals surface area contributed by atoms with Crippen LogP contribution in [0.3, 0.4) is 0 Å². The summed E-state index contributed by atoms with van der Waals surface area (Å²) in [6.45, 7) is 0. The SMILES string of the molecule is CN(C(=O)c1ccc(Cl)cc1Cl)c1cc(-c2ccccc2)sc1C(=O)O. The van der Waals surface area contributed by atoms with Gasteiger partial charge in [-0.15, -0.1) is 11.3 Å². The van der Waals surface area contributed by atoms with Gasteiger partial charge in [0.2, 0.25) is 0 Å². The molecule has 0 radical (unpaired) electrons. The maximum absolute atomic E-state index is 12.8. The summed E-state index contributed by atoms with van der Waals surface area (Å²) in [5, 5.41) is 10.2. The quantitative estimate of drug-likeness (QED) is 0.605. The van der Waals surface area contributed by atoms with Crippen molar-refractivity contribution in [2.24, 2.45) is 0 Å². The number of benzene rings is 2. The summed E-state index contributed by atoms with van der Waals surface area (Å²) in [4.78, 5) is 26.6. The fourth-order valence-corrected chi connectivity index (χ4v) is 4.00. The number of nitrogens with zero attached hydrogens (tertiary/aromatic N) is 1. The second-order valence-electron chi connectivity index (χ2n) is 5.48. The van der Waals surface area contributed by atoms with Gasteiger partial charge in [-0.25, -0.2) is 4.79 Å². The van der Waals surface area contributed by atoms with E-state index in [-0.39, 0.29) is 15.5 Å². The number of halogens is 2. The van der Waals surface area contributed by atoms with Crippen molar-refractivity contribution in [3.8, 4) is 10.4 Å². The molecular weight excluding hydrogens is 393 g/mol. The predicted octanol–water partition coefficient (Wildman–Crippen LogP) is 5.70. The number of thiophene rings is 1. The molecule has 3 aromatic rings. The average Bonchev–Trinajstić information content (AvgIpc) is 3.07. The third kappa shape index (κ3) is 3.60. The molecule has 0 fully saturated rings. The summed E-state index contributed by atoms with van der Waals surface area (Å²) >= 11 is 13.1. The van der Waals surface area contributed by atoms with Crippen molar-refractivity contribution in [1.82, 2.24) is 0 Å². The number of carboxylic acids is 1. The molecule has 132 valence electrons. The van der Waals surface area contributed by atoms with Gasteiger partial charge in [-0.05, 0) is 29.8 Å². The molecule has 0 atom stereocenters. The normalized spacial score (nSPS) is 10.6. The largest absolute Gasteiger partial charge is 0.477 e. The molecule has 1 amide bonds. The topological polar surface area (TPSA) is 57.6 Å². The lowest BCUT2D eigenvalue weighted by Gasteiger charge is -2.17. The highest BCUT2D eigenvalue weighted by Gasteiger charge is 2.24. The minimum Gasteiger partial charge on any atom is -0.477 e. The summed E-state index contributed by atoms with van der Waals surface area (Å²) in [6, 6.07) is 15.7. The molecule has 0 aliphatic heterocycles. The van der Waals surface area contributed by atoms with Gasteiger partial charge in [0.1, 0.15) is 4.88 Å². The van der Waals surface area contributed by atoms with Crippen LogP contribution in [0.2, 0.25) is 10.0 Å². The number of hydrogen-bond donors (Lipinski definition) is 1. The van der Waals surface area contributed by atoms with Crippen LogP contribution in [0.4, 0.5) is 5.69 Å². The van der Waals surface area contributed by atoms with Crippen LogP contribution in [0.5, 0.6) is 0 Å². The molecule has 7 heteroatoms. The lowest BCUT2D eigenvalue weighted by molar-refractivity contribution is 0.0703. The van der Waals surface area contributed by atoms with Crippen LogP contribution < -0.4 is 4.90 Å². The third-order valence-electron chi connectivity index (χ3n) is 3.79. The minimum absolute atomic E-state index is 0.0878. The number of carbonyl (C=O) groups is 2. The Morgan fingerprint density at radius 1 is 1.04 bits per heavy atom. The molecule has 0 spiro atoms. The van der Waals surface area contributed by atoms with Gasteiger partial charge in [-0.3, -0.25) is 4.79 Å². The number of amides is 1. The first-order valence-corrected chi connectivity index (χ1v) is 9.11. The van der Waals surface area contributed by atoms with Crippen molar-refractivity contribution in [3.63, 3.8) is 0 Å². The number of aromatic carboxylic acids is 1. The second kappa shape index (κ2) is 7.50. The van der Waals surface area contributed by atoms with Gasteiger partial charge < -0.3 is 10.0 Å². The first kappa shape index (κ1) is 18.5. The molecule has 0 saturated heterocycles.